The molecule has 0 aliphatic carbocycles. The topological polar surface area (TPSA) is 185 Å². The number of carbonyl (C=O) groups excluding carboxylic acids is 2. The number of benzene rings is 2. The maximum absolute atomic E-state index is 12.9. The Kier molecular flexibility index (Phi) is 13.6. The lowest BCUT2D eigenvalue weighted by Crippen LogP contribution is -2.15. The fraction of sp³-hybridized carbons (Fsp3) is 0.170. The quantitative estimate of drug-likeness (QED) is 0.109. The molecule has 67 heavy (non-hydrogen) atoms. The van der Waals surface area contributed by atoms with Gasteiger partial charge >= 0.3 is 12.4 Å². The van der Waals surface area contributed by atoms with Crippen LogP contribution in [-0.2, 0) is 25.2 Å². The number of nitriles is 1. The van der Waals surface area contributed by atoms with Crippen LogP contribution in [0.15, 0.2) is 102 Å². The zero-order valence-corrected chi connectivity index (χ0v) is 37.2. The zero-order chi connectivity index (χ0) is 48.2. The summed E-state index contributed by atoms with van der Waals surface area (Å²) in [5, 5.41) is 16.4. The van der Waals surface area contributed by atoms with Gasteiger partial charge in [-0.2, -0.15) is 31.6 Å². The second kappa shape index (κ2) is 19.4. The van der Waals surface area contributed by atoms with E-state index >= 15 is 0 Å². The first-order valence-corrected chi connectivity index (χ1v) is 20.9. The highest BCUT2D eigenvalue weighted by atomic mass is 79.9. The molecule has 20 heteroatoms. The predicted molar refractivity (Wildman–Crippen MR) is 241 cm³/mol. The summed E-state index contributed by atoms with van der Waals surface area (Å²) < 4.78 is 78.1. The van der Waals surface area contributed by atoms with Gasteiger partial charge in [0.15, 0.2) is 17.0 Å². The molecule has 0 bridgehead atoms. The number of nitrogens with zero attached hydrogens (tertiary/aromatic N) is 9. The summed E-state index contributed by atoms with van der Waals surface area (Å²) in [6.45, 7) is 7.62. The molecule has 0 aliphatic heterocycles. The Morgan fingerprint density at radius 1 is 0.597 bits per heavy atom. The smallest absolute Gasteiger partial charge is 0.322 e. The molecule has 0 saturated heterocycles. The number of amides is 2. The van der Waals surface area contributed by atoms with Crippen LogP contribution in [0.3, 0.4) is 0 Å². The fourth-order valence-electron chi connectivity index (χ4n) is 6.64. The molecule has 0 radical (unpaired) electrons. The zero-order valence-electron chi connectivity index (χ0n) is 35.6. The van der Waals surface area contributed by atoms with Crippen molar-refractivity contribution in [3.8, 4) is 28.3 Å². The average molecular weight is 979 g/mol. The van der Waals surface area contributed by atoms with Gasteiger partial charge in [-0.15, -0.1) is 0 Å². The van der Waals surface area contributed by atoms with E-state index in [1.165, 1.54) is 12.1 Å². The summed E-state index contributed by atoms with van der Waals surface area (Å²) >= 11 is 3.50. The van der Waals surface area contributed by atoms with Crippen LogP contribution in [0.25, 0.3) is 44.3 Å². The Balaban J connectivity index is 0.000000199. The molecule has 0 fully saturated rings. The van der Waals surface area contributed by atoms with Crippen molar-refractivity contribution in [2.24, 2.45) is 0 Å². The number of nitrogens with one attached hydrogen (secondary N) is 2. The Morgan fingerprint density at radius 2 is 1.04 bits per heavy atom. The standard InChI is InChI=1S/C24H17F3N6O.C23H17BrF3N5O/c1-3-21-30-12-15-8-18(19(11-28)32-22(15)33-21)17-10-16(5-4-13(17)2)31-23(34)14-6-7-29-20(9-14)24(25,26)27;1-3-19-29-11-14-8-17(20(24)32-21(14)31-19)16-10-15(5-4-12(16)2)30-22(33)13-6-7-28-18(9-13)23(25,26)27/h4-10,12H,3H2,1-2H3,(H,31,34);4-11H,3H2,1-2H3,(H,30,33). The lowest BCUT2D eigenvalue weighted by Gasteiger charge is -2.13. The third kappa shape index (κ3) is 10.8. The largest absolute Gasteiger partial charge is 0.433 e. The van der Waals surface area contributed by atoms with E-state index in [1.807, 2.05) is 39.8 Å². The summed E-state index contributed by atoms with van der Waals surface area (Å²) in [4.78, 5) is 58.0. The summed E-state index contributed by atoms with van der Waals surface area (Å²) in [5.74, 6) is -0.0862. The molecule has 8 rings (SSSR count). The number of anilines is 2. The molecule has 2 amide bonds. The van der Waals surface area contributed by atoms with Crippen LogP contribution >= 0.6 is 15.9 Å². The van der Waals surface area contributed by atoms with Crippen molar-refractivity contribution >= 4 is 61.2 Å². The average Bonchev–Trinajstić information content (AvgIpc) is 3.31. The molecule has 6 heterocycles. The van der Waals surface area contributed by atoms with Gasteiger partial charge in [-0.1, -0.05) is 26.0 Å². The van der Waals surface area contributed by atoms with Gasteiger partial charge in [-0.3, -0.25) is 19.6 Å². The van der Waals surface area contributed by atoms with Gasteiger partial charge in [0, 0.05) is 82.0 Å². The number of rotatable bonds is 8. The molecular formula is C47H34BrF6N11O2. The third-order valence-corrected chi connectivity index (χ3v) is 10.7. The minimum atomic E-state index is -4.66. The number of hydrogen-bond donors (Lipinski definition) is 2. The van der Waals surface area contributed by atoms with E-state index in [9.17, 15) is 41.2 Å². The van der Waals surface area contributed by atoms with Crippen LogP contribution in [0.2, 0.25) is 0 Å². The lowest BCUT2D eigenvalue weighted by molar-refractivity contribution is -0.142. The first-order valence-electron chi connectivity index (χ1n) is 20.1. The van der Waals surface area contributed by atoms with Gasteiger partial charge in [-0.25, -0.2) is 29.9 Å². The number of fused-ring (bicyclic) bond motifs is 2. The van der Waals surface area contributed by atoms with E-state index in [1.54, 1.807) is 48.8 Å². The number of carbonyl (C=O) groups is 2. The van der Waals surface area contributed by atoms with Crippen LogP contribution in [0.5, 0.6) is 0 Å². The molecule has 0 spiro atoms. The van der Waals surface area contributed by atoms with Gasteiger partial charge in [0.25, 0.3) is 11.8 Å². The highest BCUT2D eigenvalue weighted by Crippen LogP contribution is 2.35. The van der Waals surface area contributed by atoms with E-state index in [4.69, 9.17) is 0 Å². The summed E-state index contributed by atoms with van der Waals surface area (Å²) in [5.41, 5.74) is 3.75. The summed E-state index contributed by atoms with van der Waals surface area (Å²) in [6, 6.07) is 19.8. The van der Waals surface area contributed by atoms with E-state index in [2.05, 4.69) is 72.5 Å². The lowest BCUT2D eigenvalue weighted by atomic mass is 9.97. The minimum Gasteiger partial charge on any atom is -0.322 e. The second-order valence-corrected chi connectivity index (χ2v) is 15.5. The normalized spacial score (nSPS) is 11.4. The third-order valence-electron chi connectivity index (χ3n) is 10.1. The molecule has 0 unspecified atom stereocenters. The van der Waals surface area contributed by atoms with Gasteiger partial charge in [0.2, 0.25) is 0 Å². The number of aromatic nitrogens is 8. The molecular weight excluding hydrogens is 944 g/mol. The van der Waals surface area contributed by atoms with Gasteiger partial charge < -0.3 is 10.6 Å². The molecule has 13 nitrogen and oxygen atoms in total. The minimum absolute atomic E-state index is 0.142. The van der Waals surface area contributed by atoms with Crippen molar-refractivity contribution in [3.63, 3.8) is 0 Å². The molecule has 6 aromatic heterocycles. The monoisotopic (exact) mass is 977 g/mol. The molecule has 8 aromatic rings. The number of pyridine rings is 4. The van der Waals surface area contributed by atoms with Crippen LogP contribution in [0.4, 0.5) is 37.7 Å². The Hall–Kier alpha value is -7.79. The molecule has 338 valence electrons. The fourth-order valence-corrected chi connectivity index (χ4v) is 7.13. The number of aryl methyl sites for hydroxylation is 4. The number of alkyl halides is 6. The van der Waals surface area contributed by atoms with Crippen LogP contribution in [0, 0.1) is 25.2 Å². The second-order valence-electron chi connectivity index (χ2n) is 14.8. The number of hydrogen-bond acceptors (Lipinski definition) is 11. The van der Waals surface area contributed by atoms with Crippen molar-refractivity contribution in [3.05, 3.63) is 153 Å². The van der Waals surface area contributed by atoms with Crippen LogP contribution in [-0.4, -0.2) is 51.7 Å². The van der Waals surface area contributed by atoms with Gasteiger partial charge in [-0.05, 0) is 113 Å². The Bertz CT molecular complexity index is 3270. The van der Waals surface area contributed by atoms with Crippen LogP contribution < -0.4 is 10.6 Å². The molecule has 0 atom stereocenters. The molecule has 0 saturated carbocycles. The summed E-state index contributed by atoms with van der Waals surface area (Å²) in [6.07, 6.45) is -2.72. The number of halogens is 7. The molecule has 2 aromatic carbocycles. The van der Waals surface area contributed by atoms with Crippen molar-refractivity contribution in [1.29, 1.82) is 5.26 Å². The predicted octanol–water partition coefficient (Wildman–Crippen LogP) is 11.1. The first kappa shape index (κ1) is 47.2. The van der Waals surface area contributed by atoms with Crippen molar-refractivity contribution < 1.29 is 35.9 Å². The van der Waals surface area contributed by atoms with Crippen molar-refractivity contribution in [2.75, 3.05) is 10.6 Å². The Morgan fingerprint density at radius 3 is 1.49 bits per heavy atom. The SMILES string of the molecule is CCc1ncc2cc(-c3cc(NC(=O)c4ccnc(C(F)(F)F)c4)ccc3C)c(Br)nc2n1.CCc1ncc2cc(-c3cc(NC(=O)c4ccnc(C(F)(F)F)c4)ccc3C)c(C#N)nc2n1. The highest BCUT2D eigenvalue weighted by molar-refractivity contribution is 9.10. The Labute approximate surface area is 386 Å². The van der Waals surface area contributed by atoms with E-state index < -0.39 is 35.6 Å². The maximum Gasteiger partial charge on any atom is 0.433 e. The maximum atomic E-state index is 12.9. The van der Waals surface area contributed by atoms with E-state index in [0.717, 1.165) is 46.1 Å². The molecule has 0 aliphatic rings. The van der Waals surface area contributed by atoms with E-state index in [-0.39, 0.29) is 16.8 Å². The van der Waals surface area contributed by atoms with Crippen molar-refractivity contribution in [1.82, 2.24) is 39.9 Å². The van der Waals surface area contributed by atoms with E-state index in [0.29, 0.717) is 74.3 Å². The van der Waals surface area contributed by atoms with Gasteiger partial charge in [0.05, 0.1) is 0 Å². The molecule has 2 N–H and O–H groups in total. The first-order chi connectivity index (χ1) is 31.8. The highest BCUT2D eigenvalue weighted by Gasteiger charge is 2.34. The van der Waals surface area contributed by atoms with Gasteiger partial charge in [0.1, 0.15) is 33.7 Å². The van der Waals surface area contributed by atoms with Crippen molar-refractivity contribution in [2.45, 2.75) is 52.9 Å². The summed E-state index contributed by atoms with van der Waals surface area (Å²) in [7, 11) is 0. The van der Waals surface area contributed by atoms with Crippen LogP contribution in [0.1, 0.15) is 74.4 Å².